The Kier molecular flexibility index (Phi) is 6.21. The molecule has 0 radical (unpaired) electrons. The van der Waals surface area contributed by atoms with Gasteiger partial charge in [-0.1, -0.05) is 32.8 Å². The van der Waals surface area contributed by atoms with Crippen LogP contribution in [0, 0.1) is 0 Å². The number of hydrogen-bond donors (Lipinski definition) is 1. The summed E-state index contributed by atoms with van der Waals surface area (Å²) in [6.07, 6.45) is 9.89. The third-order valence-corrected chi connectivity index (χ3v) is 4.52. The number of rotatable bonds is 8. The van der Waals surface area contributed by atoms with Crippen molar-refractivity contribution >= 4 is 0 Å². The maximum absolute atomic E-state index is 3.86. The lowest BCUT2D eigenvalue weighted by atomic mass is 9.83. The molecule has 1 rings (SSSR count). The van der Waals surface area contributed by atoms with Crippen LogP contribution < -0.4 is 5.32 Å². The van der Waals surface area contributed by atoms with Crippen LogP contribution in [0.1, 0.15) is 52.4 Å². The fraction of sp³-hybridized carbons (Fsp3) is 0.867. The molecule has 1 aliphatic rings. The lowest BCUT2D eigenvalue weighted by Crippen LogP contribution is -2.59. The van der Waals surface area contributed by atoms with E-state index in [1.165, 1.54) is 45.2 Å². The van der Waals surface area contributed by atoms with Crippen molar-refractivity contribution in [2.24, 2.45) is 0 Å². The van der Waals surface area contributed by atoms with Gasteiger partial charge < -0.3 is 5.32 Å². The van der Waals surface area contributed by atoms with Gasteiger partial charge in [0, 0.05) is 11.6 Å². The van der Waals surface area contributed by atoms with Gasteiger partial charge in [0.05, 0.1) is 0 Å². The molecular weight excluding hydrogens is 208 g/mol. The number of nitrogens with one attached hydrogen (secondary N) is 1. The molecule has 1 N–H and O–H groups in total. The molecule has 1 fully saturated rings. The van der Waals surface area contributed by atoms with E-state index in [9.17, 15) is 0 Å². The predicted octanol–water partition coefficient (Wildman–Crippen LogP) is 3.20. The van der Waals surface area contributed by atoms with Crippen LogP contribution in [-0.4, -0.2) is 36.6 Å². The van der Waals surface area contributed by atoms with E-state index in [0.717, 1.165) is 6.42 Å². The van der Waals surface area contributed by atoms with Crippen molar-refractivity contribution in [3.63, 3.8) is 0 Å². The lowest BCUT2D eigenvalue weighted by Gasteiger charge is -2.46. The topological polar surface area (TPSA) is 15.3 Å². The summed E-state index contributed by atoms with van der Waals surface area (Å²) in [6.45, 7) is 10.8. The molecular formula is C15H30N2. The standard InChI is InChI=1S/C15H30N2/c1-5-8-11-14(16-4)15(12-9-10-13-15)17(6-2)7-3/h5,14,16H,1,6-13H2,2-4H3. The fourth-order valence-corrected chi connectivity index (χ4v) is 3.69. The molecule has 0 saturated heterocycles. The van der Waals surface area contributed by atoms with E-state index in [2.05, 4.69) is 43.8 Å². The molecule has 0 aromatic heterocycles. The second-order valence-corrected chi connectivity index (χ2v) is 5.19. The van der Waals surface area contributed by atoms with Gasteiger partial charge in [0.1, 0.15) is 0 Å². The van der Waals surface area contributed by atoms with Gasteiger partial charge in [-0.3, -0.25) is 4.90 Å². The Morgan fingerprint density at radius 1 is 1.29 bits per heavy atom. The number of hydrogen-bond acceptors (Lipinski definition) is 2. The first-order valence-corrected chi connectivity index (χ1v) is 7.28. The van der Waals surface area contributed by atoms with Gasteiger partial charge >= 0.3 is 0 Å². The van der Waals surface area contributed by atoms with Crippen LogP contribution in [0.5, 0.6) is 0 Å². The zero-order valence-corrected chi connectivity index (χ0v) is 12.0. The van der Waals surface area contributed by atoms with Crippen molar-refractivity contribution in [1.29, 1.82) is 0 Å². The van der Waals surface area contributed by atoms with Crippen LogP contribution in [-0.2, 0) is 0 Å². The van der Waals surface area contributed by atoms with Crippen LogP contribution >= 0.6 is 0 Å². The van der Waals surface area contributed by atoms with Crippen LogP contribution in [0.4, 0.5) is 0 Å². The molecule has 0 aliphatic heterocycles. The smallest absolute Gasteiger partial charge is 0.0362 e. The Bertz CT molecular complexity index is 215. The summed E-state index contributed by atoms with van der Waals surface area (Å²) < 4.78 is 0. The highest BCUT2D eigenvalue weighted by Crippen LogP contribution is 2.39. The highest BCUT2D eigenvalue weighted by atomic mass is 15.2. The highest BCUT2D eigenvalue weighted by Gasteiger charge is 2.43. The zero-order chi connectivity index (χ0) is 12.7. The summed E-state index contributed by atoms with van der Waals surface area (Å²) in [5.74, 6) is 0. The van der Waals surface area contributed by atoms with Gasteiger partial charge in [-0.05, 0) is 45.8 Å². The average Bonchev–Trinajstić information content (AvgIpc) is 2.82. The molecule has 1 aliphatic carbocycles. The molecule has 1 saturated carbocycles. The van der Waals surface area contributed by atoms with Gasteiger partial charge in [-0.25, -0.2) is 0 Å². The van der Waals surface area contributed by atoms with Crippen molar-refractivity contribution in [1.82, 2.24) is 10.2 Å². The van der Waals surface area contributed by atoms with E-state index in [4.69, 9.17) is 0 Å². The number of likely N-dealkylation sites (N-methyl/N-ethyl adjacent to an activating group) is 2. The van der Waals surface area contributed by atoms with Crippen LogP contribution in [0.25, 0.3) is 0 Å². The fourth-order valence-electron chi connectivity index (χ4n) is 3.69. The third kappa shape index (κ3) is 3.11. The minimum Gasteiger partial charge on any atom is -0.315 e. The van der Waals surface area contributed by atoms with Gasteiger partial charge in [-0.15, -0.1) is 6.58 Å². The molecule has 100 valence electrons. The molecule has 1 unspecified atom stereocenters. The summed E-state index contributed by atoms with van der Waals surface area (Å²) in [6, 6.07) is 0.614. The molecule has 0 amide bonds. The van der Waals surface area contributed by atoms with Gasteiger partial charge in [0.25, 0.3) is 0 Å². The molecule has 0 aromatic rings. The second kappa shape index (κ2) is 7.17. The maximum atomic E-state index is 3.86. The van der Waals surface area contributed by atoms with Crippen molar-refractivity contribution in [3.05, 3.63) is 12.7 Å². The first kappa shape index (κ1) is 14.7. The predicted molar refractivity (Wildman–Crippen MR) is 76.4 cm³/mol. The Labute approximate surface area is 107 Å². The molecule has 2 heteroatoms. The first-order chi connectivity index (χ1) is 8.25. The number of nitrogens with zero attached hydrogens (tertiary/aromatic N) is 1. The highest BCUT2D eigenvalue weighted by molar-refractivity contribution is 5.03. The van der Waals surface area contributed by atoms with E-state index >= 15 is 0 Å². The Balaban J connectivity index is 2.83. The molecule has 2 nitrogen and oxygen atoms in total. The van der Waals surface area contributed by atoms with Crippen molar-refractivity contribution in [2.75, 3.05) is 20.1 Å². The second-order valence-electron chi connectivity index (χ2n) is 5.19. The minimum absolute atomic E-state index is 0.404. The third-order valence-electron chi connectivity index (χ3n) is 4.52. The summed E-state index contributed by atoms with van der Waals surface area (Å²) >= 11 is 0. The Morgan fingerprint density at radius 3 is 2.29 bits per heavy atom. The summed E-state index contributed by atoms with van der Waals surface area (Å²) in [5, 5.41) is 3.58. The monoisotopic (exact) mass is 238 g/mol. The van der Waals surface area contributed by atoms with Gasteiger partial charge in [0.15, 0.2) is 0 Å². The normalized spacial score (nSPS) is 20.7. The molecule has 0 heterocycles. The summed E-state index contributed by atoms with van der Waals surface area (Å²) in [7, 11) is 2.12. The summed E-state index contributed by atoms with van der Waals surface area (Å²) in [4.78, 5) is 2.68. The molecule has 17 heavy (non-hydrogen) atoms. The van der Waals surface area contributed by atoms with E-state index in [0.29, 0.717) is 11.6 Å². The molecule has 0 aromatic carbocycles. The maximum Gasteiger partial charge on any atom is 0.0362 e. The van der Waals surface area contributed by atoms with E-state index in [-0.39, 0.29) is 0 Å². The Hall–Kier alpha value is -0.340. The zero-order valence-electron chi connectivity index (χ0n) is 12.0. The van der Waals surface area contributed by atoms with Crippen LogP contribution in [0.2, 0.25) is 0 Å². The minimum atomic E-state index is 0.404. The Morgan fingerprint density at radius 2 is 1.88 bits per heavy atom. The van der Waals surface area contributed by atoms with E-state index in [1.807, 2.05) is 0 Å². The molecule has 0 bridgehead atoms. The van der Waals surface area contributed by atoms with Crippen LogP contribution in [0.3, 0.4) is 0 Å². The quantitative estimate of drug-likeness (QED) is 0.653. The summed E-state index contributed by atoms with van der Waals surface area (Å²) in [5.41, 5.74) is 0.404. The lowest BCUT2D eigenvalue weighted by molar-refractivity contribution is 0.0629. The molecule has 1 atom stereocenters. The largest absolute Gasteiger partial charge is 0.315 e. The first-order valence-electron chi connectivity index (χ1n) is 7.28. The van der Waals surface area contributed by atoms with Crippen molar-refractivity contribution in [3.8, 4) is 0 Å². The number of allylic oxidation sites excluding steroid dienone is 1. The van der Waals surface area contributed by atoms with E-state index in [1.54, 1.807) is 0 Å². The SMILES string of the molecule is C=CCCC(NC)C1(N(CC)CC)CCCC1. The van der Waals surface area contributed by atoms with Gasteiger partial charge in [-0.2, -0.15) is 0 Å². The molecule has 0 spiro atoms. The van der Waals surface area contributed by atoms with Gasteiger partial charge in [0.2, 0.25) is 0 Å². The van der Waals surface area contributed by atoms with Crippen molar-refractivity contribution < 1.29 is 0 Å². The van der Waals surface area contributed by atoms with Crippen molar-refractivity contribution in [2.45, 2.75) is 64.0 Å². The average molecular weight is 238 g/mol. The van der Waals surface area contributed by atoms with E-state index < -0.39 is 0 Å². The van der Waals surface area contributed by atoms with Crippen LogP contribution in [0.15, 0.2) is 12.7 Å².